The van der Waals surface area contributed by atoms with Crippen LogP contribution in [0.4, 0.5) is 5.69 Å². The van der Waals surface area contributed by atoms with Crippen LogP contribution in [0.25, 0.3) is 21.8 Å². The van der Waals surface area contributed by atoms with Crippen molar-refractivity contribution in [3.8, 4) is 0 Å². The molecule has 178 valence electrons. The third-order valence-corrected chi connectivity index (χ3v) is 8.23. The molecule has 0 aliphatic heterocycles. The standard InChI is InChI=1S/C28H25ClN2O3S/c1-20-10-16-24(17-11-20)35(33,34)31(22-14-12-21(29)13-15-22)19-23(32)18-30-27-8-4-2-6-25(27)26-7-3-5-9-28(26)30/h2-17,23,32H,18-19H2,1H3/t23-/m0/s1. The molecule has 0 radical (unpaired) electrons. The minimum atomic E-state index is -3.92. The zero-order valence-electron chi connectivity index (χ0n) is 19.2. The van der Waals surface area contributed by atoms with E-state index in [9.17, 15) is 13.5 Å². The van der Waals surface area contributed by atoms with Gasteiger partial charge in [0.1, 0.15) is 0 Å². The summed E-state index contributed by atoms with van der Waals surface area (Å²) in [6, 6.07) is 29.4. The highest BCUT2D eigenvalue weighted by Gasteiger charge is 2.28. The Labute approximate surface area is 209 Å². The van der Waals surface area contributed by atoms with Crippen molar-refractivity contribution >= 4 is 49.1 Å². The molecule has 4 aromatic carbocycles. The first-order chi connectivity index (χ1) is 16.8. The maximum absolute atomic E-state index is 13.7. The molecule has 1 N–H and O–H groups in total. The molecule has 35 heavy (non-hydrogen) atoms. The van der Waals surface area contributed by atoms with E-state index in [1.165, 1.54) is 4.31 Å². The van der Waals surface area contributed by atoms with Crippen molar-refractivity contribution in [1.29, 1.82) is 0 Å². The Morgan fingerprint density at radius 2 is 1.37 bits per heavy atom. The summed E-state index contributed by atoms with van der Waals surface area (Å²) in [4.78, 5) is 0.169. The average Bonchev–Trinajstić information content (AvgIpc) is 3.17. The third-order valence-electron chi connectivity index (χ3n) is 6.17. The van der Waals surface area contributed by atoms with Crippen LogP contribution in [0, 0.1) is 6.92 Å². The number of aromatic nitrogens is 1. The maximum atomic E-state index is 13.7. The number of aryl methyl sites for hydroxylation is 1. The molecule has 1 atom stereocenters. The number of aliphatic hydroxyl groups is 1. The molecule has 0 aliphatic rings. The van der Waals surface area contributed by atoms with Crippen LogP contribution in [0.5, 0.6) is 0 Å². The molecule has 0 unspecified atom stereocenters. The van der Waals surface area contributed by atoms with Gasteiger partial charge in [0.2, 0.25) is 0 Å². The Bertz CT molecular complexity index is 1540. The van der Waals surface area contributed by atoms with Gasteiger partial charge in [-0.2, -0.15) is 0 Å². The van der Waals surface area contributed by atoms with Crippen LogP contribution >= 0.6 is 11.6 Å². The van der Waals surface area contributed by atoms with Gasteiger partial charge in [-0.1, -0.05) is 65.7 Å². The van der Waals surface area contributed by atoms with Gasteiger partial charge in [0.05, 0.1) is 29.8 Å². The summed E-state index contributed by atoms with van der Waals surface area (Å²) >= 11 is 6.06. The van der Waals surface area contributed by atoms with E-state index in [2.05, 4.69) is 12.1 Å². The van der Waals surface area contributed by atoms with E-state index in [0.717, 1.165) is 27.4 Å². The molecule has 0 spiro atoms. The van der Waals surface area contributed by atoms with Gasteiger partial charge >= 0.3 is 0 Å². The van der Waals surface area contributed by atoms with Crippen molar-refractivity contribution in [3.05, 3.63) is 108 Å². The summed E-state index contributed by atoms with van der Waals surface area (Å²) < 4.78 is 30.6. The van der Waals surface area contributed by atoms with Crippen LogP contribution < -0.4 is 4.31 Å². The quantitative estimate of drug-likeness (QED) is 0.295. The van der Waals surface area contributed by atoms with Crippen molar-refractivity contribution in [2.45, 2.75) is 24.5 Å². The molecule has 5 nitrogen and oxygen atoms in total. The van der Waals surface area contributed by atoms with E-state index < -0.39 is 16.1 Å². The second kappa shape index (κ2) is 9.38. The fourth-order valence-electron chi connectivity index (χ4n) is 4.45. The summed E-state index contributed by atoms with van der Waals surface area (Å²) in [5.41, 5.74) is 3.39. The number of hydrogen-bond acceptors (Lipinski definition) is 3. The predicted molar refractivity (Wildman–Crippen MR) is 143 cm³/mol. The Hall–Kier alpha value is -3.32. The lowest BCUT2D eigenvalue weighted by atomic mass is 10.2. The number of halogens is 1. The highest BCUT2D eigenvalue weighted by Crippen LogP contribution is 2.30. The highest BCUT2D eigenvalue weighted by molar-refractivity contribution is 7.92. The second-order valence-corrected chi connectivity index (χ2v) is 10.9. The normalized spacial score (nSPS) is 12.8. The monoisotopic (exact) mass is 504 g/mol. The number of benzene rings is 4. The van der Waals surface area contributed by atoms with Crippen molar-refractivity contribution < 1.29 is 13.5 Å². The number of fused-ring (bicyclic) bond motifs is 3. The van der Waals surface area contributed by atoms with Crippen molar-refractivity contribution in [3.63, 3.8) is 0 Å². The van der Waals surface area contributed by atoms with Crippen LogP contribution in [0.2, 0.25) is 5.02 Å². The van der Waals surface area contributed by atoms with Gasteiger partial charge in [-0.3, -0.25) is 4.31 Å². The van der Waals surface area contributed by atoms with Gasteiger partial charge in [0.15, 0.2) is 0 Å². The molecule has 0 saturated heterocycles. The largest absolute Gasteiger partial charge is 0.389 e. The molecule has 0 bridgehead atoms. The lowest BCUT2D eigenvalue weighted by Crippen LogP contribution is -2.39. The SMILES string of the molecule is Cc1ccc(S(=O)(=O)N(C[C@@H](O)Cn2c3ccccc3c3ccccc32)c2ccc(Cl)cc2)cc1. The van der Waals surface area contributed by atoms with Crippen LogP contribution in [-0.4, -0.2) is 30.7 Å². The third kappa shape index (κ3) is 4.52. The summed E-state index contributed by atoms with van der Waals surface area (Å²) in [5.74, 6) is 0. The lowest BCUT2D eigenvalue weighted by molar-refractivity contribution is 0.166. The lowest BCUT2D eigenvalue weighted by Gasteiger charge is -2.27. The topological polar surface area (TPSA) is 62.5 Å². The Balaban J connectivity index is 1.53. The summed E-state index contributed by atoms with van der Waals surface area (Å²) in [6.07, 6.45) is -0.967. The van der Waals surface area contributed by atoms with Crippen LogP contribution in [0.15, 0.2) is 102 Å². The Morgan fingerprint density at radius 3 is 1.94 bits per heavy atom. The number of nitrogens with zero attached hydrogens (tertiary/aromatic N) is 2. The fourth-order valence-corrected chi connectivity index (χ4v) is 6.08. The van der Waals surface area contributed by atoms with Crippen LogP contribution in [0.1, 0.15) is 5.56 Å². The Kier molecular flexibility index (Phi) is 6.28. The zero-order chi connectivity index (χ0) is 24.6. The van der Waals surface area contributed by atoms with E-state index in [0.29, 0.717) is 10.7 Å². The van der Waals surface area contributed by atoms with Crippen molar-refractivity contribution in [1.82, 2.24) is 4.57 Å². The molecule has 5 rings (SSSR count). The minimum absolute atomic E-state index is 0.112. The maximum Gasteiger partial charge on any atom is 0.264 e. The first-order valence-corrected chi connectivity index (χ1v) is 13.2. The molecular formula is C28H25ClN2O3S. The molecule has 1 aromatic heterocycles. The first kappa shape index (κ1) is 23.4. The molecule has 0 saturated carbocycles. The number of anilines is 1. The first-order valence-electron chi connectivity index (χ1n) is 11.3. The number of aliphatic hydroxyl groups excluding tert-OH is 1. The van der Waals surface area contributed by atoms with E-state index in [4.69, 9.17) is 11.6 Å². The molecular weight excluding hydrogens is 480 g/mol. The van der Waals surface area contributed by atoms with Gasteiger partial charge in [0.25, 0.3) is 10.0 Å². The molecule has 1 heterocycles. The smallest absolute Gasteiger partial charge is 0.264 e. The van der Waals surface area contributed by atoms with Gasteiger partial charge in [0, 0.05) is 26.8 Å². The average molecular weight is 505 g/mol. The molecule has 7 heteroatoms. The molecule has 0 aliphatic carbocycles. The van der Waals surface area contributed by atoms with E-state index in [-0.39, 0.29) is 18.0 Å². The van der Waals surface area contributed by atoms with Crippen molar-refractivity contribution in [2.75, 3.05) is 10.8 Å². The molecule has 0 amide bonds. The van der Waals surface area contributed by atoms with Gasteiger partial charge in [-0.25, -0.2) is 8.42 Å². The number of hydrogen-bond donors (Lipinski definition) is 1. The molecule has 0 fully saturated rings. The zero-order valence-corrected chi connectivity index (χ0v) is 20.7. The minimum Gasteiger partial charge on any atom is -0.389 e. The number of rotatable bonds is 7. The number of sulfonamides is 1. The van der Waals surface area contributed by atoms with E-state index in [1.807, 2.05) is 47.9 Å². The van der Waals surface area contributed by atoms with Gasteiger partial charge in [-0.15, -0.1) is 0 Å². The predicted octanol–water partition coefficient (Wildman–Crippen LogP) is 6.01. The van der Waals surface area contributed by atoms with Gasteiger partial charge < -0.3 is 9.67 Å². The summed E-state index contributed by atoms with van der Waals surface area (Å²) in [7, 11) is -3.92. The van der Waals surface area contributed by atoms with E-state index in [1.54, 1.807) is 48.5 Å². The molecule has 5 aromatic rings. The van der Waals surface area contributed by atoms with Crippen molar-refractivity contribution in [2.24, 2.45) is 0 Å². The fraction of sp³-hybridized carbons (Fsp3) is 0.143. The van der Waals surface area contributed by atoms with E-state index >= 15 is 0 Å². The van der Waals surface area contributed by atoms with Crippen LogP contribution in [-0.2, 0) is 16.6 Å². The highest BCUT2D eigenvalue weighted by atomic mass is 35.5. The van der Waals surface area contributed by atoms with Crippen LogP contribution in [0.3, 0.4) is 0 Å². The number of para-hydroxylation sites is 2. The summed E-state index contributed by atoms with van der Waals surface area (Å²) in [5, 5.41) is 13.9. The summed E-state index contributed by atoms with van der Waals surface area (Å²) in [6.45, 7) is 2.03. The Morgan fingerprint density at radius 1 is 0.829 bits per heavy atom. The second-order valence-electron chi connectivity index (χ2n) is 8.62. The van der Waals surface area contributed by atoms with Gasteiger partial charge in [-0.05, 0) is 55.5 Å².